The lowest BCUT2D eigenvalue weighted by atomic mass is 10.0. The van der Waals surface area contributed by atoms with Crippen molar-refractivity contribution in [2.24, 2.45) is 5.73 Å². The van der Waals surface area contributed by atoms with Crippen molar-refractivity contribution in [2.45, 2.75) is 18.9 Å². The van der Waals surface area contributed by atoms with Crippen LogP contribution in [-0.2, 0) is 0 Å². The third-order valence-corrected chi connectivity index (χ3v) is 4.47. The number of H-pyrrole nitrogens is 1. The molecule has 0 bridgehead atoms. The Kier molecular flexibility index (Phi) is 9.41. The van der Waals surface area contributed by atoms with Gasteiger partial charge in [-0.25, -0.2) is 4.39 Å². The first-order valence-electron chi connectivity index (χ1n) is 8.77. The van der Waals surface area contributed by atoms with E-state index >= 15 is 0 Å². The number of aromatic amines is 1. The van der Waals surface area contributed by atoms with Gasteiger partial charge in [0.15, 0.2) is 0 Å². The molecule has 2 aromatic carbocycles. The number of nitrogens with two attached hydrogens (primary N) is 1. The molecule has 0 saturated heterocycles. The number of quaternary nitrogens is 1. The van der Waals surface area contributed by atoms with Crippen LogP contribution in [0.2, 0.25) is 0 Å². The molecule has 0 aliphatic carbocycles. The molecule has 7 N–H and O–H groups in total. The van der Waals surface area contributed by atoms with Crippen LogP contribution in [0.25, 0.3) is 22.0 Å². The number of aromatic nitrogens is 1. The summed E-state index contributed by atoms with van der Waals surface area (Å²) < 4.78 is 13.1. The van der Waals surface area contributed by atoms with Crippen molar-refractivity contribution in [3.05, 3.63) is 60.0 Å². The number of fused-ring (bicyclic) bond motifs is 1. The van der Waals surface area contributed by atoms with Crippen LogP contribution in [0.1, 0.15) is 23.2 Å². The average molecular weight is 426 g/mol. The number of benzene rings is 2. The second kappa shape index (κ2) is 11.0. The largest absolute Gasteiger partial charge is 1.00 e. The van der Waals surface area contributed by atoms with E-state index in [-0.39, 0.29) is 42.6 Å². The van der Waals surface area contributed by atoms with Crippen molar-refractivity contribution in [1.82, 2.24) is 10.3 Å². The second-order valence-electron chi connectivity index (χ2n) is 6.48. The SMILES string of the molecule is NCCC[C@@H]([NH3+])CNC(=O)c1c[nH]c2cc(-c3ccc(F)cc3)ccc12.[Cl-].[Cl-]. The van der Waals surface area contributed by atoms with E-state index < -0.39 is 0 Å². The van der Waals surface area contributed by atoms with Gasteiger partial charge in [-0.2, -0.15) is 0 Å². The molecule has 1 aromatic heterocycles. The summed E-state index contributed by atoms with van der Waals surface area (Å²) in [6.07, 6.45) is 3.52. The molecule has 28 heavy (non-hydrogen) atoms. The summed E-state index contributed by atoms with van der Waals surface area (Å²) in [7, 11) is 0. The summed E-state index contributed by atoms with van der Waals surface area (Å²) in [5.74, 6) is -0.379. The van der Waals surface area contributed by atoms with Crippen LogP contribution in [0.15, 0.2) is 48.7 Å². The Bertz CT molecular complexity index is 899. The number of rotatable bonds is 7. The molecule has 0 fully saturated rings. The Morgan fingerprint density at radius 1 is 1.14 bits per heavy atom. The van der Waals surface area contributed by atoms with E-state index in [0.29, 0.717) is 18.7 Å². The molecule has 0 saturated carbocycles. The average Bonchev–Trinajstić information content (AvgIpc) is 3.08. The van der Waals surface area contributed by atoms with Crippen LogP contribution in [-0.4, -0.2) is 30.0 Å². The van der Waals surface area contributed by atoms with Crippen LogP contribution < -0.4 is 41.6 Å². The van der Waals surface area contributed by atoms with E-state index in [4.69, 9.17) is 5.73 Å². The lowest BCUT2D eigenvalue weighted by Crippen LogP contribution is -3.00. The number of carbonyl (C=O) groups is 1. The molecule has 1 amide bonds. The number of hydrogen-bond acceptors (Lipinski definition) is 2. The van der Waals surface area contributed by atoms with Gasteiger partial charge in [-0.15, -0.1) is 0 Å². The Balaban J connectivity index is 0.00000196. The highest BCUT2D eigenvalue weighted by molar-refractivity contribution is 6.07. The molecular formula is C20H24Cl2FN4O-. The van der Waals surface area contributed by atoms with Crippen molar-refractivity contribution >= 4 is 16.8 Å². The maximum atomic E-state index is 13.1. The second-order valence-corrected chi connectivity index (χ2v) is 6.48. The van der Waals surface area contributed by atoms with Crippen LogP contribution in [0.3, 0.4) is 0 Å². The fourth-order valence-electron chi connectivity index (χ4n) is 2.98. The minimum absolute atomic E-state index is 0. The standard InChI is InChI=1S/C20H23FN4O.2ClH/c21-15-6-3-13(4-7-15)14-5-8-17-18(12-24-19(17)10-14)20(26)25-11-16(23)2-1-9-22;;/h3-8,10,12,16,24H,1-2,9,11,22-23H2,(H,25,26);2*1H/p-1/t16-;;/m1../s1. The van der Waals surface area contributed by atoms with Gasteiger partial charge in [-0.3, -0.25) is 4.79 Å². The van der Waals surface area contributed by atoms with Gasteiger partial charge >= 0.3 is 0 Å². The zero-order valence-electron chi connectivity index (χ0n) is 15.4. The summed E-state index contributed by atoms with van der Waals surface area (Å²) >= 11 is 0. The van der Waals surface area contributed by atoms with E-state index in [2.05, 4.69) is 16.0 Å². The molecule has 0 unspecified atom stereocenters. The summed E-state index contributed by atoms with van der Waals surface area (Å²) in [6, 6.07) is 12.3. The molecule has 5 nitrogen and oxygen atoms in total. The predicted molar refractivity (Wildman–Crippen MR) is 101 cm³/mol. The molecular weight excluding hydrogens is 402 g/mol. The third-order valence-electron chi connectivity index (χ3n) is 4.47. The normalized spacial score (nSPS) is 11.4. The lowest BCUT2D eigenvalue weighted by Gasteiger charge is -2.09. The Morgan fingerprint density at radius 2 is 1.82 bits per heavy atom. The van der Waals surface area contributed by atoms with E-state index in [1.807, 2.05) is 18.2 Å². The maximum absolute atomic E-state index is 13.1. The van der Waals surface area contributed by atoms with Gasteiger partial charge < -0.3 is 46.6 Å². The first kappa shape index (κ1) is 23.9. The summed E-state index contributed by atoms with van der Waals surface area (Å²) in [5.41, 5.74) is 12.9. The minimum atomic E-state index is -0.260. The van der Waals surface area contributed by atoms with Crippen molar-refractivity contribution < 1.29 is 39.7 Å². The zero-order valence-corrected chi connectivity index (χ0v) is 16.9. The summed E-state index contributed by atoms with van der Waals surface area (Å²) in [6.45, 7) is 1.16. The van der Waals surface area contributed by atoms with Gasteiger partial charge in [-0.05, 0) is 42.3 Å². The van der Waals surface area contributed by atoms with Crippen LogP contribution in [0.4, 0.5) is 4.39 Å². The monoisotopic (exact) mass is 425 g/mol. The van der Waals surface area contributed by atoms with Gasteiger partial charge in [0.25, 0.3) is 5.91 Å². The third kappa shape index (κ3) is 5.69. The Morgan fingerprint density at radius 3 is 2.50 bits per heavy atom. The van der Waals surface area contributed by atoms with Gasteiger partial charge in [0.05, 0.1) is 12.1 Å². The topological polar surface area (TPSA) is 98.5 Å². The van der Waals surface area contributed by atoms with E-state index in [1.54, 1.807) is 18.3 Å². The number of carbonyl (C=O) groups excluding carboxylic acids is 1. The van der Waals surface area contributed by atoms with Gasteiger partial charge in [-0.1, -0.05) is 24.3 Å². The van der Waals surface area contributed by atoms with Crippen molar-refractivity contribution in [3.8, 4) is 11.1 Å². The zero-order chi connectivity index (χ0) is 18.5. The quantitative estimate of drug-likeness (QED) is 0.310. The molecule has 0 radical (unpaired) electrons. The predicted octanol–water partition coefficient (Wildman–Crippen LogP) is -3.94. The van der Waals surface area contributed by atoms with Gasteiger partial charge in [0.1, 0.15) is 11.9 Å². The number of amides is 1. The lowest BCUT2D eigenvalue weighted by molar-refractivity contribution is -0.418. The Labute approximate surface area is 175 Å². The maximum Gasteiger partial charge on any atom is 0.253 e. The number of nitrogens with one attached hydrogen (secondary N) is 2. The highest BCUT2D eigenvalue weighted by Crippen LogP contribution is 2.26. The first-order chi connectivity index (χ1) is 12.6. The van der Waals surface area contributed by atoms with E-state index in [0.717, 1.165) is 34.9 Å². The van der Waals surface area contributed by atoms with E-state index in [1.165, 1.54) is 12.1 Å². The highest BCUT2D eigenvalue weighted by Gasteiger charge is 2.14. The minimum Gasteiger partial charge on any atom is -1.00 e. The van der Waals surface area contributed by atoms with Gasteiger partial charge in [0, 0.05) is 23.5 Å². The molecule has 1 atom stereocenters. The molecule has 3 rings (SSSR count). The molecule has 3 aromatic rings. The summed E-state index contributed by atoms with van der Waals surface area (Å²) in [4.78, 5) is 15.6. The van der Waals surface area contributed by atoms with Crippen molar-refractivity contribution in [1.29, 1.82) is 0 Å². The fraction of sp³-hybridized carbons (Fsp3) is 0.250. The van der Waals surface area contributed by atoms with Crippen LogP contribution in [0, 0.1) is 5.82 Å². The smallest absolute Gasteiger partial charge is 0.253 e. The molecule has 0 aliphatic rings. The van der Waals surface area contributed by atoms with E-state index in [9.17, 15) is 9.18 Å². The molecule has 8 heteroatoms. The van der Waals surface area contributed by atoms with Crippen molar-refractivity contribution in [2.75, 3.05) is 13.1 Å². The number of hydrogen-bond donors (Lipinski definition) is 4. The molecule has 152 valence electrons. The molecule has 1 heterocycles. The fourth-order valence-corrected chi connectivity index (χ4v) is 2.98. The van der Waals surface area contributed by atoms with Crippen LogP contribution in [0.5, 0.6) is 0 Å². The van der Waals surface area contributed by atoms with Crippen LogP contribution >= 0.6 is 0 Å². The van der Waals surface area contributed by atoms with Gasteiger partial charge in [0.2, 0.25) is 0 Å². The first-order valence-corrected chi connectivity index (χ1v) is 8.77. The molecule has 0 spiro atoms. The number of halogens is 3. The molecule has 0 aliphatic heterocycles. The highest BCUT2D eigenvalue weighted by atomic mass is 35.5. The Hall–Kier alpha value is -2.12. The van der Waals surface area contributed by atoms with Crippen molar-refractivity contribution in [3.63, 3.8) is 0 Å². The summed E-state index contributed by atoms with van der Waals surface area (Å²) in [5, 5.41) is 3.79.